The van der Waals surface area contributed by atoms with E-state index in [-0.39, 0.29) is 0 Å². The molecule has 0 aliphatic carbocycles. The Morgan fingerprint density at radius 2 is 1.96 bits per heavy atom. The van der Waals surface area contributed by atoms with Gasteiger partial charge in [0.25, 0.3) is 0 Å². The van der Waals surface area contributed by atoms with E-state index >= 15 is 0 Å². The lowest BCUT2D eigenvalue weighted by Gasteiger charge is -2.17. The molecule has 0 N–H and O–H groups in total. The summed E-state index contributed by atoms with van der Waals surface area (Å²) in [5.41, 5.74) is 6.06. The van der Waals surface area contributed by atoms with E-state index in [0.29, 0.717) is 18.2 Å². The van der Waals surface area contributed by atoms with Crippen LogP contribution in [0.2, 0.25) is 0 Å². The van der Waals surface area contributed by atoms with Crippen LogP contribution in [0.4, 0.5) is 0 Å². The molecule has 0 radical (unpaired) electrons. The molecule has 24 heavy (non-hydrogen) atoms. The third-order valence-electron chi connectivity index (χ3n) is 4.40. The van der Waals surface area contributed by atoms with Gasteiger partial charge in [-0.1, -0.05) is 19.9 Å². The van der Waals surface area contributed by atoms with E-state index < -0.39 is 0 Å². The number of hydrogen-bond acceptors (Lipinski definition) is 2. The van der Waals surface area contributed by atoms with E-state index in [0.717, 1.165) is 34.2 Å². The van der Waals surface area contributed by atoms with Gasteiger partial charge in [0.05, 0.1) is 12.3 Å². The smallest absolute Gasteiger partial charge is 0.167 e. The molecule has 3 aromatic rings. The number of rotatable bonds is 5. The molecule has 2 heterocycles. The lowest BCUT2D eigenvalue weighted by atomic mass is 9.93. The number of fused-ring (bicyclic) bond motifs is 1. The minimum atomic E-state index is 0.350. The van der Waals surface area contributed by atoms with Crippen molar-refractivity contribution in [3.63, 3.8) is 0 Å². The van der Waals surface area contributed by atoms with Gasteiger partial charge in [-0.05, 0) is 66.8 Å². The van der Waals surface area contributed by atoms with Crippen molar-refractivity contribution in [2.24, 2.45) is 0 Å². The van der Waals surface area contributed by atoms with Crippen molar-refractivity contribution in [3.8, 4) is 16.9 Å². The summed E-state index contributed by atoms with van der Waals surface area (Å²) >= 11 is 0. The summed E-state index contributed by atoms with van der Waals surface area (Å²) in [6, 6.07) is 12.3. The molecular weight excluding hydrogens is 298 g/mol. The Hall–Kier alpha value is -2.55. The van der Waals surface area contributed by atoms with Crippen LogP contribution in [0.5, 0.6) is 5.75 Å². The fourth-order valence-corrected chi connectivity index (χ4v) is 3.20. The summed E-state index contributed by atoms with van der Waals surface area (Å²) < 4.78 is 7.75. The predicted octanol–water partition coefficient (Wildman–Crippen LogP) is 5.25. The Kier molecular flexibility index (Phi) is 4.43. The molecule has 0 aliphatic rings. The van der Waals surface area contributed by atoms with Crippen molar-refractivity contribution in [2.45, 2.75) is 33.6 Å². The maximum Gasteiger partial charge on any atom is 0.167 e. The molecule has 2 aromatic heterocycles. The highest BCUT2D eigenvalue weighted by molar-refractivity contribution is 5.91. The van der Waals surface area contributed by atoms with Crippen LogP contribution in [0.25, 0.3) is 16.6 Å². The second kappa shape index (κ2) is 6.52. The fourth-order valence-electron chi connectivity index (χ4n) is 3.20. The molecule has 0 saturated heterocycles. The average molecular weight is 321 g/mol. The zero-order chi connectivity index (χ0) is 17.3. The van der Waals surface area contributed by atoms with Crippen molar-refractivity contribution < 1.29 is 9.53 Å². The molecule has 0 saturated carbocycles. The number of ether oxygens (including phenoxy) is 1. The summed E-state index contributed by atoms with van der Waals surface area (Å²) in [7, 11) is 0. The number of hydrogen-bond donors (Lipinski definition) is 0. The molecule has 0 spiro atoms. The lowest BCUT2D eigenvalue weighted by molar-refractivity contribution is 0.111. The van der Waals surface area contributed by atoms with E-state index in [1.54, 1.807) is 0 Å². The molecule has 0 bridgehead atoms. The molecule has 1 aromatic carbocycles. The first-order valence-electron chi connectivity index (χ1n) is 8.39. The second-order valence-corrected chi connectivity index (χ2v) is 6.35. The highest BCUT2D eigenvalue weighted by Crippen LogP contribution is 2.36. The van der Waals surface area contributed by atoms with E-state index in [4.69, 9.17) is 4.74 Å². The Bertz CT molecular complexity index is 890. The first kappa shape index (κ1) is 16.3. The number of aldehydes is 1. The van der Waals surface area contributed by atoms with Gasteiger partial charge in [-0.15, -0.1) is 0 Å². The zero-order valence-electron chi connectivity index (χ0n) is 14.7. The fraction of sp³-hybridized carbons (Fsp3) is 0.286. The Morgan fingerprint density at radius 3 is 2.62 bits per heavy atom. The van der Waals surface area contributed by atoms with Gasteiger partial charge < -0.3 is 9.14 Å². The van der Waals surface area contributed by atoms with Crippen LogP contribution >= 0.6 is 0 Å². The standard InChI is InChI=1S/C21H23NO2/c1-5-24-21-10-15(4)18(12-17(21)14(2)3)19-11-16-8-6-7-9-22(16)20(19)13-23/h6-14H,5H2,1-4H3. The van der Waals surface area contributed by atoms with E-state index in [1.807, 2.05) is 35.7 Å². The third-order valence-corrected chi connectivity index (χ3v) is 4.40. The van der Waals surface area contributed by atoms with E-state index in [2.05, 4.69) is 39.0 Å². The number of aryl methyl sites for hydroxylation is 1. The number of aromatic nitrogens is 1. The molecule has 3 heteroatoms. The van der Waals surface area contributed by atoms with Gasteiger partial charge in [0.1, 0.15) is 5.75 Å². The maximum atomic E-state index is 11.7. The number of nitrogens with zero attached hydrogens (tertiary/aromatic N) is 1. The van der Waals surface area contributed by atoms with Gasteiger partial charge in [0.15, 0.2) is 6.29 Å². The van der Waals surface area contributed by atoms with Crippen LogP contribution < -0.4 is 4.74 Å². The van der Waals surface area contributed by atoms with Crippen LogP contribution in [0.1, 0.15) is 48.3 Å². The minimum absolute atomic E-state index is 0.350. The van der Waals surface area contributed by atoms with Gasteiger partial charge in [0, 0.05) is 17.3 Å². The summed E-state index contributed by atoms with van der Waals surface area (Å²) in [5.74, 6) is 1.28. The van der Waals surface area contributed by atoms with E-state index in [9.17, 15) is 4.79 Å². The van der Waals surface area contributed by atoms with Crippen LogP contribution in [0, 0.1) is 6.92 Å². The molecule has 0 fully saturated rings. The zero-order valence-corrected chi connectivity index (χ0v) is 14.7. The first-order valence-corrected chi connectivity index (χ1v) is 8.39. The van der Waals surface area contributed by atoms with Crippen LogP contribution in [-0.4, -0.2) is 17.3 Å². The molecular formula is C21H23NO2. The van der Waals surface area contributed by atoms with Crippen molar-refractivity contribution >= 4 is 11.8 Å². The molecule has 0 amide bonds. The van der Waals surface area contributed by atoms with Gasteiger partial charge >= 0.3 is 0 Å². The summed E-state index contributed by atoms with van der Waals surface area (Å²) in [6.45, 7) is 9.03. The predicted molar refractivity (Wildman–Crippen MR) is 98.2 cm³/mol. The number of carbonyl (C=O) groups is 1. The molecule has 0 aliphatic heterocycles. The van der Waals surface area contributed by atoms with Crippen molar-refractivity contribution in [3.05, 3.63) is 59.4 Å². The van der Waals surface area contributed by atoms with Gasteiger partial charge in [-0.25, -0.2) is 0 Å². The molecule has 3 rings (SSSR count). The summed E-state index contributed by atoms with van der Waals surface area (Å²) in [4.78, 5) is 11.7. The molecule has 124 valence electrons. The Labute approximate surface area is 142 Å². The molecule has 3 nitrogen and oxygen atoms in total. The Balaban J connectivity index is 2.26. The van der Waals surface area contributed by atoms with Gasteiger partial charge in [-0.2, -0.15) is 0 Å². The number of pyridine rings is 1. The van der Waals surface area contributed by atoms with E-state index in [1.165, 1.54) is 5.56 Å². The van der Waals surface area contributed by atoms with Crippen molar-refractivity contribution in [2.75, 3.05) is 6.61 Å². The van der Waals surface area contributed by atoms with Crippen molar-refractivity contribution in [1.29, 1.82) is 0 Å². The van der Waals surface area contributed by atoms with Gasteiger partial charge in [-0.3, -0.25) is 4.79 Å². The van der Waals surface area contributed by atoms with Gasteiger partial charge in [0.2, 0.25) is 0 Å². The average Bonchev–Trinajstić information content (AvgIpc) is 2.93. The number of carbonyl (C=O) groups excluding carboxylic acids is 1. The summed E-state index contributed by atoms with van der Waals surface area (Å²) in [5, 5.41) is 0. The number of benzene rings is 1. The topological polar surface area (TPSA) is 30.7 Å². The SMILES string of the molecule is CCOc1cc(C)c(-c2cc3ccccn3c2C=O)cc1C(C)C. The van der Waals surface area contributed by atoms with Crippen LogP contribution in [-0.2, 0) is 0 Å². The highest BCUT2D eigenvalue weighted by Gasteiger charge is 2.17. The first-order chi connectivity index (χ1) is 11.6. The monoisotopic (exact) mass is 321 g/mol. The van der Waals surface area contributed by atoms with Crippen molar-refractivity contribution in [1.82, 2.24) is 4.40 Å². The quantitative estimate of drug-likeness (QED) is 0.601. The summed E-state index contributed by atoms with van der Waals surface area (Å²) in [6.07, 6.45) is 2.86. The third kappa shape index (κ3) is 2.71. The second-order valence-electron chi connectivity index (χ2n) is 6.35. The largest absolute Gasteiger partial charge is 0.494 e. The van der Waals surface area contributed by atoms with Crippen LogP contribution in [0.15, 0.2) is 42.6 Å². The lowest BCUT2D eigenvalue weighted by Crippen LogP contribution is -2.01. The normalized spacial score (nSPS) is 11.2. The molecule has 0 atom stereocenters. The maximum absolute atomic E-state index is 11.7. The van der Waals surface area contributed by atoms with Crippen LogP contribution in [0.3, 0.4) is 0 Å². The highest BCUT2D eigenvalue weighted by atomic mass is 16.5. The Morgan fingerprint density at radius 1 is 1.17 bits per heavy atom. The minimum Gasteiger partial charge on any atom is -0.494 e. The molecule has 0 unspecified atom stereocenters.